The zero-order valence-corrected chi connectivity index (χ0v) is 30.9. The summed E-state index contributed by atoms with van der Waals surface area (Å²) in [6, 6.07) is 20.7. The normalized spacial score (nSPS) is 15.7. The van der Waals surface area contributed by atoms with E-state index >= 15 is 0 Å². The molecule has 14 nitrogen and oxygen atoms in total. The summed E-state index contributed by atoms with van der Waals surface area (Å²) < 4.78 is 5.54. The van der Waals surface area contributed by atoms with Gasteiger partial charge in [0.15, 0.2) is 0 Å². The lowest BCUT2D eigenvalue weighted by molar-refractivity contribution is -0.121. The Morgan fingerprint density at radius 1 is 1.08 bits per heavy atom. The number of para-hydroxylation sites is 1. The minimum absolute atomic E-state index is 0.00424. The maximum absolute atomic E-state index is 13.5. The molecule has 5 amide bonds. The Balaban J connectivity index is 1.11. The minimum atomic E-state index is -1.24. The minimum Gasteiger partial charge on any atom is -0.410 e. The number of nitrogens with two attached hydrogens (primary N) is 1. The average molecular weight is 756 g/mol. The molecule has 0 spiro atoms. The molecule has 0 aliphatic carbocycles. The number of aliphatic imine (C=N–C) groups is 1. The molecule has 0 saturated heterocycles. The Kier molecular flexibility index (Phi) is 13.6. The summed E-state index contributed by atoms with van der Waals surface area (Å²) in [7, 11) is 1.62. The lowest BCUT2D eigenvalue weighted by Gasteiger charge is -2.21. The maximum Gasteiger partial charge on any atom is 0.412 e. The molecule has 3 aromatic rings. The molecule has 0 aromatic heterocycles. The van der Waals surface area contributed by atoms with Crippen molar-refractivity contribution in [3.05, 3.63) is 112 Å². The van der Waals surface area contributed by atoms with Crippen LogP contribution in [0.5, 0.6) is 5.75 Å². The largest absolute Gasteiger partial charge is 0.412 e. The lowest BCUT2D eigenvalue weighted by atomic mass is 10.00. The van der Waals surface area contributed by atoms with Crippen molar-refractivity contribution in [2.75, 3.05) is 41.9 Å². The molecule has 8 N–H and O–H groups in total. The van der Waals surface area contributed by atoms with Gasteiger partial charge in [-0.2, -0.15) is 11.8 Å². The highest BCUT2D eigenvalue weighted by Crippen LogP contribution is 2.29. The number of nitrogens with zero attached hydrogens (tertiary/aromatic N) is 2. The molecule has 3 aromatic carbocycles. The van der Waals surface area contributed by atoms with Crippen molar-refractivity contribution in [3.63, 3.8) is 0 Å². The topological polar surface area (TPSA) is 203 Å². The first kappa shape index (κ1) is 38.5. The van der Waals surface area contributed by atoms with Gasteiger partial charge in [0.2, 0.25) is 12.1 Å². The van der Waals surface area contributed by atoms with E-state index in [4.69, 9.17) is 20.9 Å². The van der Waals surface area contributed by atoms with Gasteiger partial charge in [-0.05, 0) is 54.6 Å². The number of aryl methyl sites for hydroxylation is 1. The van der Waals surface area contributed by atoms with E-state index in [9.17, 15) is 19.2 Å². The third kappa shape index (κ3) is 11.4. The zero-order valence-electron chi connectivity index (χ0n) is 29.2. The smallest absolute Gasteiger partial charge is 0.410 e. The van der Waals surface area contributed by atoms with Crippen LogP contribution in [0, 0.1) is 12.3 Å². The Morgan fingerprint density at radius 2 is 1.89 bits per heavy atom. The molecular weight excluding hydrogens is 715 g/mol. The van der Waals surface area contributed by atoms with Gasteiger partial charge < -0.3 is 42.0 Å². The number of rotatable bonds is 14. The molecule has 2 heterocycles. The fourth-order valence-corrected chi connectivity index (χ4v) is 6.98. The predicted molar refractivity (Wildman–Crippen MR) is 211 cm³/mol. The summed E-state index contributed by atoms with van der Waals surface area (Å²) in [6.45, 7) is 2.67. The predicted octanol–water partition coefficient (Wildman–Crippen LogP) is 4.63. The highest BCUT2D eigenvalue weighted by molar-refractivity contribution is 8.06. The number of carbonyl (C=O) groups is 4. The van der Waals surface area contributed by atoms with Crippen molar-refractivity contribution < 1.29 is 23.9 Å². The Hall–Kier alpha value is -5.74. The highest BCUT2D eigenvalue weighted by atomic mass is 32.2. The molecule has 0 unspecified atom stereocenters. The third-order valence-electron chi connectivity index (χ3n) is 7.78. The summed E-state index contributed by atoms with van der Waals surface area (Å²) in [5.41, 5.74) is 10.2. The monoisotopic (exact) mass is 755 g/mol. The molecule has 16 heteroatoms. The van der Waals surface area contributed by atoms with Crippen LogP contribution in [0.4, 0.5) is 21.0 Å². The number of benzodiazepines with no additional fused rings is 1. The summed E-state index contributed by atoms with van der Waals surface area (Å²) in [6.07, 6.45) is 0.309. The van der Waals surface area contributed by atoms with Crippen molar-refractivity contribution in [2.24, 2.45) is 10.7 Å². The Bertz CT molecular complexity index is 1970. The number of carbonyl (C=O) groups excluding carboxylic acids is 4. The van der Waals surface area contributed by atoms with Crippen LogP contribution in [0.3, 0.4) is 0 Å². The summed E-state index contributed by atoms with van der Waals surface area (Å²) in [4.78, 5) is 57.6. The maximum atomic E-state index is 13.5. The van der Waals surface area contributed by atoms with Gasteiger partial charge in [0, 0.05) is 66.7 Å². The van der Waals surface area contributed by atoms with Crippen LogP contribution in [0.15, 0.2) is 100.0 Å². The zero-order chi connectivity index (χ0) is 37.7. The number of fused-ring (bicyclic) bond motifs is 1. The van der Waals surface area contributed by atoms with Crippen LogP contribution in [-0.4, -0.2) is 73.3 Å². The molecule has 53 heavy (non-hydrogen) atoms. The van der Waals surface area contributed by atoms with Gasteiger partial charge in [-0.25, -0.2) is 14.6 Å². The fourth-order valence-electron chi connectivity index (χ4n) is 5.32. The number of amidine groups is 1. The molecule has 2 aliphatic heterocycles. The first-order chi connectivity index (χ1) is 25.5. The average Bonchev–Trinajstić information content (AvgIpc) is 3.53. The van der Waals surface area contributed by atoms with Crippen LogP contribution in [-0.2, 0) is 9.59 Å². The van der Waals surface area contributed by atoms with E-state index in [1.807, 2.05) is 48.7 Å². The number of ether oxygens (including phenoxy) is 1. The van der Waals surface area contributed by atoms with Crippen LogP contribution in [0.1, 0.15) is 29.5 Å². The number of nitrogens with one attached hydrogen (secondary N) is 6. The van der Waals surface area contributed by atoms with Gasteiger partial charge in [-0.1, -0.05) is 54.2 Å². The number of thioether (sulfide) groups is 2. The van der Waals surface area contributed by atoms with Crippen LogP contribution < -0.4 is 42.0 Å². The third-order valence-corrected chi connectivity index (χ3v) is 9.66. The Labute approximate surface area is 316 Å². The molecule has 1 atom stereocenters. The number of hydrogen-bond donors (Lipinski definition) is 7. The molecule has 0 radical (unpaired) electrons. The lowest BCUT2D eigenvalue weighted by Crippen LogP contribution is -2.47. The molecule has 2 aliphatic rings. The van der Waals surface area contributed by atoms with Gasteiger partial charge in [0.05, 0.1) is 16.4 Å². The Morgan fingerprint density at radius 3 is 2.70 bits per heavy atom. The summed E-state index contributed by atoms with van der Waals surface area (Å²) in [5, 5.41) is 24.3. The van der Waals surface area contributed by atoms with E-state index in [-0.39, 0.29) is 30.5 Å². The van der Waals surface area contributed by atoms with Crippen molar-refractivity contribution in [1.82, 2.24) is 21.3 Å². The van der Waals surface area contributed by atoms with E-state index < -0.39 is 24.2 Å². The molecule has 5 rings (SSSR count). The number of benzene rings is 3. The van der Waals surface area contributed by atoms with Gasteiger partial charge in [0.25, 0.3) is 5.91 Å². The first-order valence-electron chi connectivity index (χ1n) is 16.7. The number of amides is 5. The van der Waals surface area contributed by atoms with Gasteiger partial charge in [-0.3, -0.25) is 15.0 Å². The van der Waals surface area contributed by atoms with Crippen LogP contribution in [0.2, 0.25) is 0 Å². The number of urea groups is 1. The van der Waals surface area contributed by atoms with Crippen LogP contribution >= 0.6 is 23.5 Å². The van der Waals surface area contributed by atoms with Crippen molar-refractivity contribution in [3.8, 4) is 5.75 Å². The molecule has 0 bridgehead atoms. The molecule has 276 valence electrons. The van der Waals surface area contributed by atoms with E-state index in [1.165, 1.54) is 16.7 Å². The molecule has 0 saturated carbocycles. The quantitative estimate of drug-likeness (QED) is 0.0696. The number of hydrogen-bond acceptors (Lipinski definition) is 10. The van der Waals surface area contributed by atoms with E-state index in [0.717, 1.165) is 27.8 Å². The first-order valence-corrected chi connectivity index (χ1v) is 18.8. The molecule has 0 fully saturated rings. The second kappa shape index (κ2) is 18.7. The second-order valence-electron chi connectivity index (χ2n) is 12.0. The van der Waals surface area contributed by atoms with Crippen molar-refractivity contribution in [2.45, 2.75) is 25.9 Å². The van der Waals surface area contributed by atoms with E-state index in [2.05, 4.69) is 26.6 Å². The summed E-state index contributed by atoms with van der Waals surface area (Å²) >= 11 is 3.15. The van der Waals surface area contributed by atoms with E-state index in [0.29, 0.717) is 41.2 Å². The summed E-state index contributed by atoms with van der Waals surface area (Å²) in [5.74, 6) is 1.18. The number of likely N-dealkylation sites (N-methyl/N-ethyl adjacent to an activating group) is 1. The highest BCUT2D eigenvalue weighted by Gasteiger charge is 2.31. The molecular formula is C37H41N9O5S2. The van der Waals surface area contributed by atoms with Gasteiger partial charge >= 0.3 is 12.1 Å². The van der Waals surface area contributed by atoms with Gasteiger partial charge in [-0.15, -0.1) is 0 Å². The van der Waals surface area contributed by atoms with Crippen molar-refractivity contribution in [1.29, 1.82) is 5.41 Å². The van der Waals surface area contributed by atoms with Gasteiger partial charge in [0.1, 0.15) is 11.6 Å². The SMILES string of the molecule is Cc1cccc(NC(=O)N[C@@H]2N=C(c3cccc(OC(=O)NCCCC(=O)NCCSCC4=CS/C(=C\C(=N)N)N4)c3)c3ccccc3N(C)C2=O)c1. The van der Waals surface area contributed by atoms with Crippen LogP contribution in [0.25, 0.3) is 0 Å². The van der Waals surface area contributed by atoms with E-state index in [1.54, 1.807) is 61.3 Å². The standard InChI is InChI=1S/C37H41N9O5S2/c1-23-8-5-10-25(18-23)43-36(49)45-34-35(48)46(2)29-13-4-3-12-28(29)33(44-34)24-9-6-11-27(19-24)51-37(50)41-15-7-14-31(47)40-16-17-52-21-26-22-53-32(42-26)20-30(38)39/h3-6,8-13,18-20,22,34,42H,7,14-17,21H2,1-2H3,(H3,38,39)(H,40,47)(H,41,50)(H2,43,45,49)/b32-20-/t34-/m0/s1. The second-order valence-corrected chi connectivity index (χ2v) is 14.0. The van der Waals surface area contributed by atoms with Crippen molar-refractivity contribution >= 4 is 70.4 Å². The fraction of sp³-hybridized carbons (Fsp3) is 0.243. The number of anilines is 2.